The second kappa shape index (κ2) is 7.21. The second-order valence-electron chi connectivity index (χ2n) is 3.39. The summed E-state index contributed by atoms with van der Waals surface area (Å²) in [4.78, 5) is 10.8. The molecule has 1 N–H and O–H groups in total. The smallest absolute Gasteiger partial charge is 0.407 e. The van der Waals surface area contributed by atoms with Crippen molar-refractivity contribution in [1.29, 1.82) is 0 Å². The summed E-state index contributed by atoms with van der Waals surface area (Å²) in [7, 11) is 4.51. The molecule has 0 aromatic heterocycles. The number of carbonyl (C=O) groups excluding carboxylic acids is 1. The largest absolute Gasteiger partial charge is 0.493 e. The molecule has 0 aliphatic heterocycles. The summed E-state index contributed by atoms with van der Waals surface area (Å²) >= 11 is 0. The number of hydrogen-bond acceptors (Lipinski definition) is 4. The minimum atomic E-state index is -0.452. The Morgan fingerprint density at radius 3 is 2.56 bits per heavy atom. The van der Waals surface area contributed by atoms with Crippen molar-refractivity contribution in [2.45, 2.75) is 0 Å². The molecule has 0 heterocycles. The summed E-state index contributed by atoms with van der Waals surface area (Å²) in [6, 6.07) is 5.58. The number of nitrogens with one attached hydrogen (secondary N) is 1. The average Bonchev–Trinajstić information content (AvgIpc) is 2.42. The minimum Gasteiger partial charge on any atom is -0.493 e. The summed E-state index contributed by atoms with van der Waals surface area (Å²) in [5.41, 5.74) is 0.958. The lowest BCUT2D eigenvalue weighted by atomic mass is 10.2. The standard InChI is InChI=1S/C13H17NO4/c1-16-11-7-6-10(9-12(11)17-2)5-4-8-14-13(15)18-3/h4-7,9H,8H2,1-3H3,(H,14,15). The maximum absolute atomic E-state index is 10.8. The Hall–Kier alpha value is -2.17. The number of methoxy groups -OCH3 is 3. The first-order valence-electron chi connectivity index (χ1n) is 5.41. The van der Waals surface area contributed by atoms with E-state index in [0.29, 0.717) is 18.0 Å². The third-order valence-corrected chi connectivity index (χ3v) is 2.27. The molecule has 18 heavy (non-hydrogen) atoms. The monoisotopic (exact) mass is 251 g/mol. The van der Waals surface area contributed by atoms with Gasteiger partial charge in [-0.1, -0.05) is 18.2 Å². The van der Waals surface area contributed by atoms with Crippen molar-refractivity contribution >= 4 is 12.2 Å². The van der Waals surface area contributed by atoms with Gasteiger partial charge in [0.15, 0.2) is 11.5 Å². The van der Waals surface area contributed by atoms with Gasteiger partial charge in [0.2, 0.25) is 0 Å². The summed E-state index contributed by atoms with van der Waals surface area (Å²) in [5, 5.41) is 2.55. The SMILES string of the molecule is COC(=O)NCC=Cc1ccc(OC)c(OC)c1. The Labute approximate surface area is 106 Å². The fourth-order valence-corrected chi connectivity index (χ4v) is 1.37. The van der Waals surface area contributed by atoms with Crippen LogP contribution in [0, 0.1) is 0 Å². The first-order chi connectivity index (χ1) is 8.71. The average molecular weight is 251 g/mol. The van der Waals surface area contributed by atoms with E-state index in [-0.39, 0.29) is 0 Å². The molecule has 0 aliphatic carbocycles. The zero-order chi connectivity index (χ0) is 13.4. The van der Waals surface area contributed by atoms with E-state index in [4.69, 9.17) is 9.47 Å². The highest BCUT2D eigenvalue weighted by atomic mass is 16.5. The van der Waals surface area contributed by atoms with Gasteiger partial charge in [-0.2, -0.15) is 0 Å². The zero-order valence-corrected chi connectivity index (χ0v) is 10.7. The van der Waals surface area contributed by atoms with Gasteiger partial charge in [-0.15, -0.1) is 0 Å². The first kappa shape index (κ1) is 13.9. The number of benzene rings is 1. The lowest BCUT2D eigenvalue weighted by Gasteiger charge is -2.07. The maximum Gasteiger partial charge on any atom is 0.407 e. The Morgan fingerprint density at radius 1 is 1.22 bits per heavy atom. The predicted molar refractivity (Wildman–Crippen MR) is 69.0 cm³/mol. The van der Waals surface area contributed by atoms with E-state index in [9.17, 15) is 4.79 Å². The molecule has 1 rings (SSSR count). The van der Waals surface area contributed by atoms with Crippen LogP contribution >= 0.6 is 0 Å². The van der Waals surface area contributed by atoms with Gasteiger partial charge in [-0.25, -0.2) is 4.79 Å². The molecule has 5 nitrogen and oxygen atoms in total. The number of alkyl carbamates (subject to hydrolysis) is 1. The topological polar surface area (TPSA) is 56.8 Å². The Bertz CT molecular complexity index is 429. The van der Waals surface area contributed by atoms with Crippen molar-refractivity contribution in [3.63, 3.8) is 0 Å². The molecule has 0 spiro atoms. The van der Waals surface area contributed by atoms with Gasteiger partial charge < -0.3 is 19.5 Å². The second-order valence-corrected chi connectivity index (χ2v) is 3.39. The number of ether oxygens (including phenoxy) is 3. The summed E-state index contributed by atoms with van der Waals surface area (Å²) in [6.07, 6.45) is 3.24. The van der Waals surface area contributed by atoms with Crippen LogP contribution in [0.2, 0.25) is 0 Å². The van der Waals surface area contributed by atoms with Crippen LogP contribution in [0.3, 0.4) is 0 Å². The van der Waals surface area contributed by atoms with Crippen LogP contribution in [-0.2, 0) is 4.74 Å². The van der Waals surface area contributed by atoms with E-state index >= 15 is 0 Å². The lowest BCUT2D eigenvalue weighted by molar-refractivity contribution is 0.172. The van der Waals surface area contributed by atoms with Crippen molar-refractivity contribution in [1.82, 2.24) is 5.32 Å². The zero-order valence-electron chi connectivity index (χ0n) is 10.7. The Morgan fingerprint density at radius 2 is 1.94 bits per heavy atom. The van der Waals surface area contributed by atoms with Gasteiger partial charge in [0.05, 0.1) is 21.3 Å². The molecule has 98 valence electrons. The van der Waals surface area contributed by atoms with Gasteiger partial charge in [0, 0.05) is 6.54 Å². The van der Waals surface area contributed by atoms with Crippen LogP contribution in [0.5, 0.6) is 11.5 Å². The van der Waals surface area contributed by atoms with Crippen molar-refractivity contribution in [2.24, 2.45) is 0 Å². The van der Waals surface area contributed by atoms with E-state index in [1.54, 1.807) is 14.2 Å². The molecule has 1 aromatic rings. The van der Waals surface area contributed by atoms with Gasteiger partial charge >= 0.3 is 6.09 Å². The molecule has 0 aliphatic rings. The van der Waals surface area contributed by atoms with Gasteiger partial charge in [0.25, 0.3) is 0 Å². The molecule has 5 heteroatoms. The number of amides is 1. The molecule has 0 radical (unpaired) electrons. The van der Waals surface area contributed by atoms with E-state index in [1.165, 1.54) is 7.11 Å². The van der Waals surface area contributed by atoms with Crippen molar-refractivity contribution < 1.29 is 19.0 Å². The Balaban J connectivity index is 2.62. The maximum atomic E-state index is 10.8. The number of rotatable bonds is 5. The van der Waals surface area contributed by atoms with E-state index in [2.05, 4.69) is 10.1 Å². The molecule has 0 saturated carbocycles. The van der Waals surface area contributed by atoms with Crippen molar-refractivity contribution in [3.05, 3.63) is 29.8 Å². The van der Waals surface area contributed by atoms with Gasteiger partial charge in [-0.3, -0.25) is 0 Å². The van der Waals surface area contributed by atoms with Crippen LogP contribution in [0.15, 0.2) is 24.3 Å². The van der Waals surface area contributed by atoms with Gasteiger partial charge in [-0.05, 0) is 17.7 Å². The molecule has 1 amide bonds. The van der Waals surface area contributed by atoms with E-state index < -0.39 is 6.09 Å². The predicted octanol–water partition coefficient (Wildman–Crippen LogP) is 2.07. The molecule has 0 saturated heterocycles. The number of hydrogen-bond donors (Lipinski definition) is 1. The molecule has 0 bridgehead atoms. The fraction of sp³-hybridized carbons (Fsp3) is 0.308. The highest BCUT2D eigenvalue weighted by Gasteiger charge is 2.02. The van der Waals surface area contributed by atoms with Crippen molar-refractivity contribution in [3.8, 4) is 11.5 Å². The van der Waals surface area contributed by atoms with Crippen LogP contribution in [0.4, 0.5) is 4.79 Å². The van der Waals surface area contributed by atoms with E-state index in [0.717, 1.165) is 5.56 Å². The molecular formula is C13H17NO4. The number of carbonyl (C=O) groups is 1. The lowest BCUT2D eigenvalue weighted by Crippen LogP contribution is -2.22. The Kier molecular flexibility index (Phi) is 5.57. The fourth-order valence-electron chi connectivity index (χ4n) is 1.37. The van der Waals surface area contributed by atoms with Gasteiger partial charge in [0.1, 0.15) is 0 Å². The third kappa shape index (κ3) is 4.01. The highest BCUT2D eigenvalue weighted by Crippen LogP contribution is 2.27. The van der Waals surface area contributed by atoms with Crippen LogP contribution in [-0.4, -0.2) is 34.0 Å². The summed E-state index contributed by atoms with van der Waals surface area (Å²) in [6.45, 7) is 0.404. The highest BCUT2D eigenvalue weighted by molar-refractivity contribution is 5.67. The van der Waals surface area contributed by atoms with Crippen molar-refractivity contribution in [2.75, 3.05) is 27.9 Å². The molecule has 0 fully saturated rings. The first-order valence-corrected chi connectivity index (χ1v) is 5.41. The quantitative estimate of drug-likeness (QED) is 0.870. The van der Waals surface area contributed by atoms with Crippen LogP contribution < -0.4 is 14.8 Å². The third-order valence-electron chi connectivity index (χ3n) is 2.27. The minimum absolute atomic E-state index is 0.404. The molecule has 0 atom stereocenters. The summed E-state index contributed by atoms with van der Waals surface area (Å²) < 4.78 is 14.8. The normalized spacial score (nSPS) is 10.2. The molecule has 1 aromatic carbocycles. The molecular weight excluding hydrogens is 234 g/mol. The van der Waals surface area contributed by atoms with Crippen LogP contribution in [0.25, 0.3) is 6.08 Å². The van der Waals surface area contributed by atoms with Crippen LogP contribution in [0.1, 0.15) is 5.56 Å². The van der Waals surface area contributed by atoms with E-state index in [1.807, 2.05) is 30.4 Å². The molecule has 0 unspecified atom stereocenters. The summed E-state index contributed by atoms with van der Waals surface area (Å²) in [5.74, 6) is 1.35.